The highest BCUT2D eigenvalue weighted by Gasteiger charge is 2.26. The molecule has 1 saturated heterocycles. The smallest absolute Gasteiger partial charge is 0.242 e. The molecule has 1 atom stereocenters. The Kier molecular flexibility index (Phi) is 11.2. The number of likely N-dealkylation sites (tertiary alicyclic amines) is 1. The number of carbonyl (C=O) groups is 1. The first-order chi connectivity index (χ1) is 19.7. The molecule has 1 fully saturated rings. The van der Waals surface area contributed by atoms with Crippen molar-refractivity contribution >= 4 is 27.7 Å². The summed E-state index contributed by atoms with van der Waals surface area (Å²) < 4.78 is 27.9. The molecule has 1 aliphatic heterocycles. The van der Waals surface area contributed by atoms with Crippen LogP contribution in [0.2, 0.25) is 5.02 Å². The fourth-order valence-corrected chi connectivity index (χ4v) is 6.95. The predicted octanol–water partition coefficient (Wildman–Crippen LogP) is 5.08. The summed E-state index contributed by atoms with van der Waals surface area (Å²) in [6.45, 7) is 3.91. The molecule has 0 aliphatic carbocycles. The van der Waals surface area contributed by atoms with Crippen molar-refractivity contribution in [1.29, 1.82) is 0 Å². The number of sulfonamides is 1. The Bertz CT molecular complexity index is 1350. The third-order valence-corrected chi connectivity index (χ3v) is 10.1. The predicted molar refractivity (Wildman–Crippen MR) is 161 cm³/mol. The molecule has 1 aliphatic rings. The molecule has 0 spiro atoms. The number of carboxylic acid groups (broad SMARTS) is 1. The lowest BCUT2D eigenvalue weighted by Gasteiger charge is -2.35. The number of nitrogens with zero attached hydrogens (tertiary/aromatic N) is 3. The Morgan fingerprint density at radius 3 is 2.29 bits per heavy atom. The zero-order valence-electron chi connectivity index (χ0n) is 23.6. The van der Waals surface area contributed by atoms with E-state index in [2.05, 4.69) is 4.90 Å². The summed E-state index contributed by atoms with van der Waals surface area (Å²) in [5.74, 6) is 0.458. The van der Waals surface area contributed by atoms with Crippen LogP contribution in [0.25, 0.3) is 0 Å². The number of rotatable bonds is 13. The lowest BCUT2D eigenvalue weighted by atomic mass is 9.91. The molecule has 0 N–H and O–H groups in total. The van der Waals surface area contributed by atoms with Gasteiger partial charge < -0.3 is 19.7 Å². The van der Waals surface area contributed by atoms with Crippen LogP contribution in [0.15, 0.2) is 89.8 Å². The lowest BCUT2D eigenvalue weighted by Crippen LogP contribution is -2.42. The zero-order chi connectivity index (χ0) is 29.2. The normalized spacial score (nSPS) is 15.6. The first-order valence-corrected chi connectivity index (χ1v) is 16.0. The van der Waals surface area contributed by atoms with E-state index in [9.17, 15) is 18.3 Å². The molecule has 0 saturated carbocycles. The number of likely N-dealkylation sites (N-methyl/N-ethyl adjacent to an activating group) is 1. The SMILES string of the molecule is CN(C[C@@H](CCN1CCC(CCN(Cc2ccccc2)C(=O)[O-])CC1)c1cccc(Cl)c1)S(=O)(=O)c1ccccc1. The van der Waals surface area contributed by atoms with E-state index in [1.165, 1.54) is 9.21 Å². The number of benzene rings is 3. The summed E-state index contributed by atoms with van der Waals surface area (Å²) in [7, 11) is -1.97. The van der Waals surface area contributed by atoms with Crippen LogP contribution in [0.5, 0.6) is 0 Å². The summed E-state index contributed by atoms with van der Waals surface area (Å²) in [6.07, 6.45) is 2.52. The third-order valence-electron chi connectivity index (χ3n) is 8.03. The summed E-state index contributed by atoms with van der Waals surface area (Å²) in [5.41, 5.74) is 1.99. The lowest BCUT2D eigenvalue weighted by molar-refractivity contribution is -0.266. The van der Waals surface area contributed by atoms with E-state index in [4.69, 9.17) is 11.6 Å². The molecular weight excluding hydrogens is 558 g/mol. The van der Waals surface area contributed by atoms with Crippen molar-refractivity contribution < 1.29 is 18.3 Å². The van der Waals surface area contributed by atoms with Crippen LogP contribution in [0.4, 0.5) is 4.79 Å². The molecule has 41 heavy (non-hydrogen) atoms. The first kappa shape index (κ1) is 31.0. The molecule has 3 aromatic carbocycles. The van der Waals surface area contributed by atoms with Gasteiger partial charge in [0, 0.05) is 31.7 Å². The minimum absolute atomic E-state index is 0.00970. The van der Waals surface area contributed by atoms with E-state index < -0.39 is 16.1 Å². The number of halogens is 1. The topological polar surface area (TPSA) is 84.0 Å². The van der Waals surface area contributed by atoms with Crippen molar-refractivity contribution in [1.82, 2.24) is 14.1 Å². The molecule has 3 aromatic rings. The van der Waals surface area contributed by atoms with E-state index in [1.807, 2.05) is 54.6 Å². The van der Waals surface area contributed by atoms with Crippen LogP contribution in [0.3, 0.4) is 0 Å². The minimum atomic E-state index is -3.61. The Labute approximate surface area is 249 Å². The van der Waals surface area contributed by atoms with Gasteiger partial charge in [-0.15, -0.1) is 0 Å². The number of hydrogen-bond acceptors (Lipinski definition) is 5. The van der Waals surface area contributed by atoms with E-state index in [1.54, 1.807) is 37.4 Å². The molecule has 1 heterocycles. The number of amides is 1. The second-order valence-electron chi connectivity index (χ2n) is 10.9. The molecule has 0 aromatic heterocycles. The van der Waals surface area contributed by atoms with Crippen molar-refractivity contribution in [2.45, 2.75) is 43.0 Å². The third kappa shape index (κ3) is 9.04. The molecule has 9 heteroatoms. The summed E-state index contributed by atoms with van der Waals surface area (Å²) >= 11 is 6.31. The van der Waals surface area contributed by atoms with E-state index in [0.717, 1.165) is 56.4 Å². The van der Waals surface area contributed by atoms with E-state index in [-0.39, 0.29) is 10.8 Å². The maximum atomic E-state index is 13.2. The summed E-state index contributed by atoms with van der Waals surface area (Å²) in [6, 6.07) is 25.8. The molecule has 7 nitrogen and oxygen atoms in total. The second-order valence-corrected chi connectivity index (χ2v) is 13.4. The van der Waals surface area contributed by atoms with Crippen molar-refractivity contribution in [2.24, 2.45) is 5.92 Å². The summed E-state index contributed by atoms with van der Waals surface area (Å²) in [5, 5.41) is 12.3. The minimum Gasteiger partial charge on any atom is -0.530 e. The maximum Gasteiger partial charge on any atom is 0.242 e. The molecule has 1 amide bonds. The van der Waals surface area contributed by atoms with Gasteiger partial charge >= 0.3 is 0 Å². The van der Waals surface area contributed by atoms with Crippen molar-refractivity contribution in [3.05, 3.63) is 101 Å². The van der Waals surface area contributed by atoms with Crippen LogP contribution >= 0.6 is 11.6 Å². The maximum absolute atomic E-state index is 13.2. The first-order valence-electron chi connectivity index (χ1n) is 14.2. The van der Waals surface area contributed by atoms with Crippen LogP contribution in [0, 0.1) is 5.92 Å². The van der Waals surface area contributed by atoms with Gasteiger partial charge in [0.1, 0.15) is 6.09 Å². The molecule has 0 radical (unpaired) electrons. The van der Waals surface area contributed by atoms with Gasteiger partial charge in [0.2, 0.25) is 10.0 Å². The Balaban J connectivity index is 1.31. The average Bonchev–Trinajstić information content (AvgIpc) is 2.98. The van der Waals surface area contributed by atoms with Gasteiger partial charge in [-0.3, -0.25) is 0 Å². The van der Waals surface area contributed by atoms with Gasteiger partial charge in [0.05, 0.1) is 4.90 Å². The Morgan fingerprint density at radius 1 is 1.00 bits per heavy atom. The number of carbonyl (C=O) groups excluding carboxylic acids is 1. The van der Waals surface area contributed by atoms with Gasteiger partial charge in [-0.2, -0.15) is 0 Å². The van der Waals surface area contributed by atoms with Crippen molar-refractivity contribution in [3.63, 3.8) is 0 Å². The van der Waals surface area contributed by atoms with E-state index in [0.29, 0.717) is 30.6 Å². The van der Waals surface area contributed by atoms with Crippen LogP contribution < -0.4 is 5.11 Å². The largest absolute Gasteiger partial charge is 0.530 e. The average molecular weight is 597 g/mol. The Hall–Kier alpha value is -2.91. The molecule has 4 rings (SSSR count). The van der Waals surface area contributed by atoms with Crippen molar-refractivity contribution in [3.8, 4) is 0 Å². The summed E-state index contributed by atoms with van der Waals surface area (Å²) in [4.78, 5) is 15.8. The van der Waals surface area contributed by atoms with E-state index >= 15 is 0 Å². The van der Waals surface area contributed by atoms with Gasteiger partial charge in [-0.25, -0.2) is 12.7 Å². The van der Waals surface area contributed by atoms with Crippen LogP contribution in [-0.2, 0) is 16.6 Å². The Morgan fingerprint density at radius 2 is 1.66 bits per heavy atom. The second kappa shape index (κ2) is 14.8. The fraction of sp³-hybridized carbons (Fsp3) is 0.406. The highest BCUT2D eigenvalue weighted by molar-refractivity contribution is 7.89. The molecular formula is C32H39ClN3O4S-. The quantitative estimate of drug-likeness (QED) is 0.275. The highest BCUT2D eigenvalue weighted by Crippen LogP contribution is 2.28. The van der Waals surface area contributed by atoms with Crippen molar-refractivity contribution in [2.75, 3.05) is 39.8 Å². The standard InChI is InChI=1S/C32H40ClN3O4S/c1-34(41(39,40)31-13-6-3-7-14-31)25-29(28-11-8-12-30(33)23-28)18-21-35-19-15-26(16-20-35)17-22-36(32(37)38)24-27-9-4-2-5-10-27/h2-14,23,26,29H,15-22,24-25H2,1H3,(H,37,38)/p-1/t29-/m1/s1. The number of piperidine rings is 1. The van der Waals surface area contributed by atoms with Gasteiger partial charge in [0.25, 0.3) is 0 Å². The van der Waals surface area contributed by atoms with Gasteiger partial charge in [-0.1, -0.05) is 72.3 Å². The van der Waals surface area contributed by atoms with Gasteiger partial charge in [-0.05, 0) is 92.5 Å². The van der Waals surface area contributed by atoms with Crippen LogP contribution in [0.1, 0.15) is 42.7 Å². The molecule has 0 bridgehead atoms. The van der Waals surface area contributed by atoms with Crippen LogP contribution in [-0.4, -0.2) is 68.4 Å². The number of hydrogen-bond donors (Lipinski definition) is 0. The fourth-order valence-electron chi connectivity index (χ4n) is 5.52. The molecule has 0 unspecified atom stereocenters. The zero-order valence-corrected chi connectivity index (χ0v) is 25.1. The van der Waals surface area contributed by atoms with Gasteiger partial charge in [0.15, 0.2) is 0 Å². The monoisotopic (exact) mass is 596 g/mol. The highest BCUT2D eigenvalue weighted by atomic mass is 35.5. The molecule has 220 valence electrons.